The average Bonchev–Trinajstić information content (AvgIpc) is 2.95. The third-order valence-corrected chi connectivity index (χ3v) is 8.95. The van der Waals surface area contributed by atoms with Gasteiger partial charge in [0, 0.05) is 24.6 Å². The third kappa shape index (κ3) is 8.18. The number of hydrogen-bond acceptors (Lipinski definition) is 4. The maximum Gasteiger partial charge on any atom is 0.244 e. The molecule has 1 N–H and O–H groups in total. The molecule has 9 heteroatoms. The van der Waals surface area contributed by atoms with Crippen LogP contribution in [0.25, 0.3) is 0 Å². The molecule has 7 nitrogen and oxygen atoms in total. The number of hydrogen-bond donors (Lipinski definition) is 1. The molecule has 224 valence electrons. The van der Waals surface area contributed by atoms with Gasteiger partial charge in [-0.25, -0.2) is 12.8 Å². The van der Waals surface area contributed by atoms with Crippen LogP contribution in [-0.2, 0) is 32.6 Å². The van der Waals surface area contributed by atoms with Crippen molar-refractivity contribution in [3.8, 4) is 0 Å². The molecule has 0 unspecified atom stereocenters. The third-order valence-electron chi connectivity index (χ3n) is 7.82. The molecule has 1 saturated carbocycles. The number of rotatable bonds is 11. The topological polar surface area (TPSA) is 86.8 Å². The molecule has 0 radical (unpaired) electrons. The maximum atomic E-state index is 14.9. The molecule has 0 aliphatic heterocycles. The number of anilines is 1. The first-order valence-electron chi connectivity index (χ1n) is 14.4. The van der Waals surface area contributed by atoms with Crippen LogP contribution in [0.4, 0.5) is 10.1 Å². The van der Waals surface area contributed by atoms with Gasteiger partial charge in [-0.2, -0.15) is 0 Å². The van der Waals surface area contributed by atoms with E-state index < -0.39 is 34.3 Å². The van der Waals surface area contributed by atoms with Crippen molar-refractivity contribution in [2.45, 2.75) is 71.0 Å². The molecule has 4 rings (SSSR count). The summed E-state index contributed by atoms with van der Waals surface area (Å²) in [5.41, 5.74) is 3.12. The predicted molar refractivity (Wildman–Crippen MR) is 164 cm³/mol. The van der Waals surface area contributed by atoms with Gasteiger partial charge in [0.2, 0.25) is 21.8 Å². The standard InChI is InChI=1S/C33H40FN3O4S/c1-24-18-19-30(25(2)20-24)37(42(3,40)41)23-32(38)36(22-27-14-10-11-17-29(27)34)31(21-26-12-6-4-7-13-26)33(39)35-28-15-8-5-9-16-28/h4,6-7,10-14,17-20,28,31H,5,8-9,15-16,21-23H2,1-3H3,(H,35,39)/t31-/m1/s1. The minimum atomic E-state index is -3.88. The second-order valence-electron chi connectivity index (χ2n) is 11.2. The molecule has 1 atom stereocenters. The Bertz CT molecular complexity index is 1490. The highest BCUT2D eigenvalue weighted by Crippen LogP contribution is 2.25. The van der Waals surface area contributed by atoms with Gasteiger partial charge in [0.15, 0.2) is 0 Å². The smallest absolute Gasteiger partial charge is 0.244 e. The largest absolute Gasteiger partial charge is 0.352 e. The number of halogens is 1. The number of amides is 2. The first kappa shape index (κ1) is 31.2. The Balaban J connectivity index is 1.74. The molecule has 2 amide bonds. The second-order valence-corrected chi connectivity index (χ2v) is 13.1. The van der Waals surface area contributed by atoms with E-state index in [-0.39, 0.29) is 30.5 Å². The van der Waals surface area contributed by atoms with Crippen molar-refractivity contribution in [1.29, 1.82) is 0 Å². The van der Waals surface area contributed by atoms with E-state index in [1.165, 1.54) is 11.0 Å². The van der Waals surface area contributed by atoms with Gasteiger partial charge in [0.1, 0.15) is 18.4 Å². The van der Waals surface area contributed by atoms with Gasteiger partial charge >= 0.3 is 0 Å². The van der Waals surface area contributed by atoms with Crippen LogP contribution in [0.3, 0.4) is 0 Å². The first-order valence-corrected chi connectivity index (χ1v) is 16.3. The van der Waals surface area contributed by atoms with Crippen LogP contribution in [-0.4, -0.2) is 50.0 Å². The Morgan fingerprint density at radius 1 is 0.952 bits per heavy atom. The summed E-state index contributed by atoms with van der Waals surface area (Å²) in [4.78, 5) is 29.5. The Morgan fingerprint density at radius 3 is 2.26 bits per heavy atom. The molecule has 3 aromatic carbocycles. The van der Waals surface area contributed by atoms with E-state index in [0.717, 1.165) is 53.8 Å². The summed E-state index contributed by atoms with van der Waals surface area (Å²) in [6, 6.07) is 19.8. The van der Waals surface area contributed by atoms with Gasteiger partial charge in [-0.1, -0.05) is 85.5 Å². The van der Waals surface area contributed by atoms with Gasteiger partial charge in [-0.3, -0.25) is 13.9 Å². The lowest BCUT2D eigenvalue weighted by atomic mass is 9.94. The number of nitrogens with zero attached hydrogens (tertiary/aromatic N) is 2. The maximum absolute atomic E-state index is 14.9. The van der Waals surface area contributed by atoms with Crippen LogP contribution in [0, 0.1) is 19.7 Å². The molecular formula is C33H40FN3O4S. The Morgan fingerprint density at radius 2 is 1.62 bits per heavy atom. The van der Waals surface area contributed by atoms with E-state index in [9.17, 15) is 22.4 Å². The molecule has 0 saturated heterocycles. The van der Waals surface area contributed by atoms with Gasteiger partial charge < -0.3 is 10.2 Å². The van der Waals surface area contributed by atoms with E-state index in [4.69, 9.17) is 0 Å². The zero-order chi connectivity index (χ0) is 30.3. The molecule has 0 aromatic heterocycles. The lowest BCUT2D eigenvalue weighted by Gasteiger charge is -2.35. The van der Waals surface area contributed by atoms with Crippen molar-refractivity contribution in [1.82, 2.24) is 10.2 Å². The Kier molecular flexibility index (Phi) is 10.4. The van der Waals surface area contributed by atoms with Crippen LogP contribution in [0.15, 0.2) is 72.8 Å². The van der Waals surface area contributed by atoms with Crippen molar-refractivity contribution < 1.29 is 22.4 Å². The molecule has 3 aromatic rings. The fourth-order valence-electron chi connectivity index (χ4n) is 5.59. The summed E-state index contributed by atoms with van der Waals surface area (Å²) in [6.45, 7) is 2.98. The summed E-state index contributed by atoms with van der Waals surface area (Å²) < 4.78 is 42.0. The van der Waals surface area contributed by atoms with E-state index >= 15 is 0 Å². The SMILES string of the molecule is Cc1ccc(N(CC(=O)N(Cc2ccccc2F)[C@H](Cc2ccccc2)C(=O)NC2CCCCC2)S(C)(=O)=O)c(C)c1. The Labute approximate surface area is 248 Å². The normalized spacial score (nSPS) is 14.7. The highest BCUT2D eigenvalue weighted by Gasteiger charge is 2.34. The van der Waals surface area contributed by atoms with Crippen molar-refractivity contribution in [3.05, 3.63) is 101 Å². The van der Waals surface area contributed by atoms with Gasteiger partial charge in [-0.05, 0) is 49.9 Å². The highest BCUT2D eigenvalue weighted by atomic mass is 32.2. The number of aryl methyl sites for hydroxylation is 2. The molecule has 42 heavy (non-hydrogen) atoms. The summed E-state index contributed by atoms with van der Waals surface area (Å²) >= 11 is 0. The minimum Gasteiger partial charge on any atom is -0.352 e. The fraction of sp³-hybridized carbons (Fsp3) is 0.394. The highest BCUT2D eigenvalue weighted by molar-refractivity contribution is 7.92. The molecule has 0 bridgehead atoms. The summed E-state index contributed by atoms with van der Waals surface area (Å²) in [7, 11) is -3.88. The van der Waals surface area contributed by atoms with Gasteiger partial charge in [0.05, 0.1) is 11.9 Å². The quantitative estimate of drug-likeness (QED) is 0.327. The summed E-state index contributed by atoms with van der Waals surface area (Å²) in [5.74, 6) is -1.42. The first-order chi connectivity index (χ1) is 20.0. The van der Waals surface area contributed by atoms with Gasteiger partial charge in [0.25, 0.3) is 0 Å². The van der Waals surface area contributed by atoms with E-state index in [2.05, 4.69) is 5.32 Å². The fourth-order valence-corrected chi connectivity index (χ4v) is 6.50. The molecule has 0 spiro atoms. The summed E-state index contributed by atoms with van der Waals surface area (Å²) in [5, 5.41) is 3.15. The number of carbonyl (C=O) groups is 2. The minimum absolute atomic E-state index is 0.00216. The number of nitrogens with one attached hydrogen (secondary N) is 1. The van der Waals surface area contributed by atoms with E-state index in [0.29, 0.717) is 11.3 Å². The zero-order valence-electron chi connectivity index (χ0n) is 24.6. The summed E-state index contributed by atoms with van der Waals surface area (Å²) in [6.07, 6.45) is 6.13. The lowest BCUT2D eigenvalue weighted by molar-refractivity contribution is -0.140. The molecule has 0 heterocycles. The monoisotopic (exact) mass is 593 g/mol. The van der Waals surface area contributed by atoms with Crippen molar-refractivity contribution in [3.63, 3.8) is 0 Å². The van der Waals surface area contributed by atoms with E-state index in [1.54, 1.807) is 37.3 Å². The van der Waals surface area contributed by atoms with Crippen LogP contribution >= 0.6 is 0 Å². The van der Waals surface area contributed by atoms with Gasteiger partial charge in [-0.15, -0.1) is 0 Å². The van der Waals surface area contributed by atoms with Crippen molar-refractivity contribution in [2.24, 2.45) is 0 Å². The number of carbonyl (C=O) groups excluding carboxylic acids is 2. The number of benzene rings is 3. The van der Waals surface area contributed by atoms with Crippen LogP contribution < -0.4 is 9.62 Å². The molecular weight excluding hydrogens is 553 g/mol. The predicted octanol–water partition coefficient (Wildman–Crippen LogP) is 5.30. The lowest BCUT2D eigenvalue weighted by Crippen LogP contribution is -2.55. The molecule has 1 aliphatic carbocycles. The van der Waals surface area contributed by atoms with Crippen LogP contribution in [0.5, 0.6) is 0 Å². The zero-order valence-corrected chi connectivity index (χ0v) is 25.4. The molecule has 1 fully saturated rings. The average molecular weight is 594 g/mol. The second kappa shape index (κ2) is 14.0. The van der Waals surface area contributed by atoms with Crippen molar-refractivity contribution in [2.75, 3.05) is 17.1 Å². The van der Waals surface area contributed by atoms with Crippen LogP contribution in [0.1, 0.15) is 54.4 Å². The van der Waals surface area contributed by atoms with Crippen molar-refractivity contribution >= 4 is 27.5 Å². The number of sulfonamides is 1. The van der Waals surface area contributed by atoms with E-state index in [1.807, 2.05) is 43.3 Å². The van der Waals surface area contributed by atoms with Crippen LogP contribution in [0.2, 0.25) is 0 Å². The molecule has 1 aliphatic rings. The Hall–Kier alpha value is -3.72.